The van der Waals surface area contributed by atoms with Gasteiger partial charge in [-0.05, 0) is 37.8 Å². The van der Waals surface area contributed by atoms with Crippen molar-refractivity contribution in [2.45, 2.75) is 37.8 Å². The van der Waals surface area contributed by atoms with Crippen molar-refractivity contribution in [3.8, 4) is 10.6 Å². The molecule has 1 aromatic heterocycles. The molecule has 4 rings (SSSR count). The Morgan fingerprint density at radius 2 is 2.25 bits per heavy atom. The number of nitrogens with one attached hydrogen (secondary N) is 2. The van der Waals surface area contributed by atoms with Crippen LogP contribution >= 0.6 is 11.3 Å². The van der Waals surface area contributed by atoms with Gasteiger partial charge in [0.15, 0.2) is 0 Å². The van der Waals surface area contributed by atoms with E-state index < -0.39 is 0 Å². The summed E-state index contributed by atoms with van der Waals surface area (Å²) in [7, 11) is 0. The van der Waals surface area contributed by atoms with Crippen LogP contribution in [0.5, 0.6) is 0 Å². The maximum Gasteiger partial charge on any atom is 0.319 e. The second-order valence-electron chi connectivity index (χ2n) is 6.42. The number of benzene rings is 1. The van der Waals surface area contributed by atoms with Crippen LogP contribution in [0.3, 0.4) is 0 Å². The van der Waals surface area contributed by atoms with E-state index >= 15 is 0 Å². The Labute approximate surface area is 145 Å². The molecule has 0 unspecified atom stereocenters. The van der Waals surface area contributed by atoms with Gasteiger partial charge in [-0.1, -0.05) is 12.1 Å². The van der Waals surface area contributed by atoms with Crippen molar-refractivity contribution in [3.63, 3.8) is 0 Å². The first kappa shape index (κ1) is 15.6. The standard InChI is InChI=1S/C18H21N3O2S/c22-18(21-15-5-2-6-16-14(15)7-9-23-16)20-13-4-1-3-12(11-13)17-19-8-10-24-17/h1,3-4,8,10-11,14-16H,2,5-7,9H2,(H2,20,21,22)/t14-,15-,16+/m1/s1. The number of nitrogens with zero attached hydrogens (tertiary/aromatic N) is 1. The average molecular weight is 343 g/mol. The van der Waals surface area contributed by atoms with E-state index in [4.69, 9.17) is 4.74 Å². The van der Waals surface area contributed by atoms with Crippen LogP contribution in [0.4, 0.5) is 10.5 Å². The third-order valence-electron chi connectivity index (χ3n) is 4.90. The lowest BCUT2D eigenvalue weighted by atomic mass is 9.82. The summed E-state index contributed by atoms with van der Waals surface area (Å²) in [5.74, 6) is 0.464. The van der Waals surface area contributed by atoms with Crippen molar-refractivity contribution in [3.05, 3.63) is 35.8 Å². The number of anilines is 1. The van der Waals surface area contributed by atoms with E-state index in [9.17, 15) is 4.79 Å². The number of ether oxygens (including phenoxy) is 1. The fourth-order valence-electron chi connectivity index (χ4n) is 3.79. The van der Waals surface area contributed by atoms with Gasteiger partial charge < -0.3 is 15.4 Å². The largest absolute Gasteiger partial charge is 0.378 e. The summed E-state index contributed by atoms with van der Waals surface area (Å²) in [5, 5.41) is 9.01. The lowest BCUT2D eigenvalue weighted by Gasteiger charge is -2.33. The molecule has 6 heteroatoms. The number of carbonyl (C=O) groups is 1. The van der Waals surface area contributed by atoms with Crippen molar-refractivity contribution < 1.29 is 9.53 Å². The Hall–Kier alpha value is -1.92. The zero-order chi connectivity index (χ0) is 16.4. The molecular formula is C18H21N3O2S. The Bertz CT molecular complexity index is 704. The number of carbonyl (C=O) groups excluding carboxylic acids is 1. The average Bonchev–Trinajstić information content (AvgIpc) is 3.27. The minimum absolute atomic E-state index is 0.135. The fourth-order valence-corrected chi connectivity index (χ4v) is 4.42. The molecule has 5 nitrogen and oxygen atoms in total. The van der Waals surface area contributed by atoms with E-state index in [-0.39, 0.29) is 12.1 Å². The van der Waals surface area contributed by atoms with Crippen LogP contribution in [0.1, 0.15) is 25.7 Å². The molecule has 1 saturated carbocycles. The van der Waals surface area contributed by atoms with Gasteiger partial charge in [-0.3, -0.25) is 0 Å². The van der Waals surface area contributed by atoms with Crippen LogP contribution < -0.4 is 10.6 Å². The normalized spacial score (nSPS) is 25.9. The Kier molecular flexibility index (Phi) is 4.49. The predicted molar refractivity (Wildman–Crippen MR) is 95.2 cm³/mol. The number of urea groups is 1. The number of hydrogen-bond donors (Lipinski definition) is 2. The summed E-state index contributed by atoms with van der Waals surface area (Å²) in [4.78, 5) is 16.7. The molecule has 0 bridgehead atoms. The molecule has 2 amide bonds. The van der Waals surface area contributed by atoms with Crippen LogP contribution in [0, 0.1) is 5.92 Å². The highest BCUT2D eigenvalue weighted by atomic mass is 32.1. The van der Waals surface area contributed by atoms with Gasteiger partial charge in [0.25, 0.3) is 0 Å². The van der Waals surface area contributed by atoms with Gasteiger partial charge in [0.1, 0.15) is 5.01 Å². The second-order valence-corrected chi connectivity index (χ2v) is 7.31. The second kappa shape index (κ2) is 6.91. The third kappa shape index (κ3) is 3.30. The monoisotopic (exact) mass is 343 g/mol. The minimum atomic E-state index is -0.135. The molecule has 2 N–H and O–H groups in total. The van der Waals surface area contributed by atoms with Gasteiger partial charge in [-0.25, -0.2) is 9.78 Å². The topological polar surface area (TPSA) is 63.2 Å². The molecule has 2 aliphatic rings. The van der Waals surface area contributed by atoms with Crippen molar-refractivity contribution in [1.82, 2.24) is 10.3 Å². The van der Waals surface area contributed by atoms with Crippen LogP contribution in [0.2, 0.25) is 0 Å². The minimum Gasteiger partial charge on any atom is -0.378 e. The van der Waals surface area contributed by atoms with Crippen LogP contribution in [0.25, 0.3) is 10.6 Å². The van der Waals surface area contributed by atoms with Crippen molar-refractivity contribution in [2.24, 2.45) is 5.92 Å². The van der Waals surface area contributed by atoms with Crippen LogP contribution in [-0.2, 0) is 4.74 Å². The highest BCUT2D eigenvalue weighted by Crippen LogP contribution is 2.34. The molecular weight excluding hydrogens is 322 g/mol. The van der Waals surface area contributed by atoms with Gasteiger partial charge in [-0.2, -0.15) is 0 Å². The first-order valence-corrected chi connectivity index (χ1v) is 9.36. The SMILES string of the molecule is O=C(Nc1cccc(-c2nccs2)c1)N[C@@H]1CCC[C@@H]2OCC[C@@H]21. The molecule has 0 spiro atoms. The molecule has 2 aromatic rings. The fraction of sp³-hybridized carbons (Fsp3) is 0.444. The van der Waals surface area contributed by atoms with E-state index in [1.807, 2.05) is 29.6 Å². The number of aromatic nitrogens is 1. The first-order chi connectivity index (χ1) is 11.8. The molecule has 0 radical (unpaired) electrons. The van der Waals surface area contributed by atoms with E-state index in [0.717, 1.165) is 48.5 Å². The Morgan fingerprint density at radius 1 is 1.29 bits per heavy atom. The third-order valence-corrected chi connectivity index (χ3v) is 5.72. The van der Waals surface area contributed by atoms with Crippen molar-refractivity contribution in [1.29, 1.82) is 0 Å². The molecule has 126 valence electrons. The first-order valence-electron chi connectivity index (χ1n) is 8.48. The zero-order valence-corrected chi connectivity index (χ0v) is 14.2. The highest BCUT2D eigenvalue weighted by molar-refractivity contribution is 7.13. The predicted octanol–water partition coefficient (Wildman–Crippen LogP) is 3.89. The molecule has 2 fully saturated rings. The summed E-state index contributed by atoms with van der Waals surface area (Å²) in [6.07, 6.45) is 6.45. The van der Waals surface area contributed by atoms with Gasteiger partial charge >= 0.3 is 6.03 Å². The van der Waals surface area contributed by atoms with Crippen molar-refractivity contribution in [2.75, 3.05) is 11.9 Å². The maximum absolute atomic E-state index is 12.4. The number of rotatable bonds is 3. The zero-order valence-electron chi connectivity index (χ0n) is 13.4. The molecule has 1 saturated heterocycles. The molecule has 3 atom stereocenters. The summed E-state index contributed by atoms with van der Waals surface area (Å²) in [6, 6.07) is 7.88. The summed E-state index contributed by atoms with van der Waals surface area (Å²) in [6.45, 7) is 0.824. The van der Waals surface area contributed by atoms with Crippen molar-refractivity contribution >= 4 is 23.1 Å². The number of hydrogen-bond acceptors (Lipinski definition) is 4. The molecule has 1 aliphatic carbocycles. The van der Waals surface area contributed by atoms with E-state index in [1.165, 1.54) is 0 Å². The lowest BCUT2D eigenvalue weighted by Crippen LogP contribution is -2.47. The molecule has 1 aromatic carbocycles. The highest BCUT2D eigenvalue weighted by Gasteiger charge is 2.38. The summed E-state index contributed by atoms with van der Waals surface area (Å²) < 4.78 is 5.77. The van der Waals surface area contributed by atoms with E-state index in [2.05, 4.69) is 15.6 Å². The quantitative estimate of drug-likeness (QED) is 0.889. The number of fused-ring (bicyclic) bond motifs is 1. The Morgan fingerprint density at radius 3 is 3.12 bits per heavy atom. The molecule has 2 heterocycles. The van der Waals surface area contributed by atoms with Gasteiger partial charge in [0, 0.05) is 41.4 Å². The Balaban J connectivity index is 1.40. The van der Waals surface area contributed by atoms with E-state index in [1.54, 1.807) is 17.5 Å². The van der Waals surface area contributed by atoms with Gasteiger partial charge in [0.2, 0.25) is 0 Å². The van der Waals surface area contributed by atoms with E-state index in [0.29, 0.717) is 12.0 Å². The number of amides is 2. The van der Waals surface area contributed by atoms with Crippen LogP contribution in [-0.4, -0.2) is 29.8 Å². The molecule has 24 heavy (non-hydrogen) atoms. The number of thiazole rings is 1. The maximum atomic E-state index is 12.4. The van der Waals surface area contributed by atoms with Crippen LogP contribution in [0.15, 0.2) is 35.8 Å². The van der Waals surface area contributed by atoms with Gasteiger partial charge in [0.05, 0.1) is 6.10 Å². The summed E-state index contributed by atoms with van der Waals surface area (Å²) in [5.41, 5.74) is 1.81. The van der Waals surface area contributed by atoms with Gasteiger partial charge in [-0.15, -0.1) is 11.3 Å². The smallest absolute Gasteiger partial charge is 0.319 e. The lowest BCUT2D eigenvalue weighted by molar-refractivity contribution is 0.0553. The summed E-state index contributed by atoms with van der Waals surface area (Å²) >= 11 is 1.59. The molecule has 1 aliphatic heterocycles.